The van der Waals surface area contributed by atoms with Crippen LogP contribution in [-0.4, -0.2) is 24.3 Å². The van der Waals surface area contributed by atoms with Crippen LogP contribution in [0.5, 0.6) is 0 Å². The quantitative estimate of drug-likeness (QED) is 0.681. The Bertz CT molecular complexity index is 175. The van der Waals surface area contributed by atoms with E-state index in [1.807, 2.05) is 0 Å². The summed E-state index contributed by atoms with van der Waals surface area (Å²) in [6, 6.07) is 0.612. The van der Waals surface area contributed by atoms with Crippen molar-refractivity contribution in [3.63, 3.8) is 0 Å². The minimum absolute atomic E-state index is 0.347. The molecule has 1 saturated carbocycles. The van der Waals surface area contributed by atoms with Gasteiger partial charge in [0, 0.05) is 19.2 Å². The Hall–Kier alpha value is -0.0800. The monoisotopic (exact) mass is 213 g/mol. The molecular weight excluding hydrogens is 186 g/mol. The standard InChI is InChI=1S/C13H27NO/c1-11(2)9-12(3)14-10-13(7-8-15)5-4-6-13/h11-12,14-15H,4-10H2,1-3H3. The minimum Gasteiger partial charge on any atom is -0.396 e. The van der Waals surface area contributed by atoms with E-state index in [9.17, 15) is 0 Å². The summed E-state index contributed by atoms with van der Waals surface area (Å²) in [6.45, 7) is 8.25. The summed E-state index contributed by atoms with van der Waals surface area (Å²) in [5.41, 5.74) is 0.431. The van der Waals surface area contributed by atoms with Gasteiger partial charge in [0.2, 0.25) is 0 Å². The van der Waals surface area contributed by atoms with Crippen LogP contribution in [0.4, 0.5) is 0 Å². The van der Waals surface area contributed by atoms with Crippen LogP contribution in [-0.2, 0) is 0 Å². The largest absolute Gasteiger partial charge is 0.396 e. The highest BCUT2D eigenvalue weighted by atomic mass is 16.3. The third-order valence-corrected chi connectivity index (χ3v) is 3.71. The molecule has 0 spiro atoms. The molecule has 15 heavy (non-hydrogen) atoms. The van der Waals surface area contributed by atoms with Crippen LogP contribution in [0.2, 0.25) is 0 Å². The van der Waals surface area contributed by atoms with Gasteiger partial charge in [-0.15, -0.1) is 0 Å². The van der Waals surface area contributed by atoms with Gasteiger partial charge in [-0.05, 0) is 43.9 Å². The molecule has 2 heteroatoms. The molecule has 90 valence electrons. The maximum atomic E-state index is 9.05. The highest BCUT2D eigenvalue weighted by Crippen LogP contribution is 2.43. The number of hydrogen-bond donors (Lipinski definition) is 2. The first kappa shape index (κ1) is 13.0. The van der Waals surface area contributed by atoms with Gasteiger partial charge >= 0.3 is 0 Å². The van der Waals surface area contributed by atoms with Crippen LogP contribution >= 0.6 is 0 Å². The van der Waals surface area contributed by atoms with Gasteiger partial charge in [0.1, 0.15) is 0 Å². The lowest BCUT2D eigenvalue weighted by atomic mass is 9.66. The van der Waals surface area contributed by atoms with Crippen LogP contribution in [0.15, 0.2) is 0 Å². The van der Waals surface area contributed by atoms with E-state index in [2.05, 4.69) is 26.1 Å². The fourth-order valence-corrected chi connectivity index (χ4v) is 2.61. The summed E-state index contributed by atoms with van der Waals surface area (Å²) >= 11 is 0. The van der Waals surface area contributed by atoms with Crippen LogP contribution in [0.25, 0.3) is 0 Å². The van der Waals surface area contributed by atoms with E-state index in [-0.39, 0.29) is 0 Å². The fraction of sp³-hybridized carbons (Fsp3) is 1.00. The Morgan fingerprint density at radius 3 is 2.33 bits per heavy atom. The first-order valence-electron chi connectivity index (χ1n) is 6.42. The molecule has 2 nitrogen and oxygen atoms in total. The summed E-state index contributed by atoms with van der Waals surface area (Å²) in [5.74, 6) is 0.766. The molecule has 1 atom stereocenters. The third kappa shape index (κ3) is 4.12. The van der Waals surface area contributed by atoms with Gasteiger partial charge in [0.05, 0.1) is 0 Å². The number of aliphatic hydroxyl groups excluding tert-OH is 1. The Balaban J connectivity index is 2.22. The molecule has 1 rings (SSSR count). The average Bonchev–Trinajstić information content (AvgIpc) is 2.08. The minimum atomic E-state index is 0.347. The topological polar surface area (TPSA) is 32.3 Å². The number of nitrogens with one attached hydrogen (secondary N) is 1. The zero-order valence-corrected chi connectivity index (χ0v) is 10.6. The van der Waals surface area contributed by atoms with Crippen LogP contribution in [0, 0.1) is 11.3 Å². The molecule has 0 heterocycles. The van der Waals surface area contributed by atoms with Crippen molar-refractivity contribution < 1.29 is 5.11 Å². The molecule has 0 aromatic rings. The Kier molecular flexibility index (Phi) is 5.07. The molecule has 0 aromatic heterocycles. The molecule has 1 aliphatic carbocycles. The first-order chi connectivity index (χ1) is 7.08. The van der Waals surface area contributed by atoms with Crippen LogP contribution in [0.3, 0.4) is 0 Å². The van der Waals surface area contributed by atoms with Gasteiger partial charge in [0.15, 0.2) is 0 Å². The SMILES string of the molecule is CC(C)CC(C)NCC1(CCO)CCC1. The second-order valence-corrected chi connectivity index (χ2v) is 5.74. The van der Waals surface area contributed by atoms with Gasteiger partial charge in [-0.25, -0.2) is 0 Å². The van der Waals surface area contributed by atoms with Gasteiger partial charge in [-0.2, -0.15) is 0 Å². The van der Waals surface area contributed by atoms with Crippen molar-refractivity contribution in [2.24, 2.45) is 11.3 Å². The normalized spacial score (nSPS) is 21.4. The highest BCUT2D eigenvalue weighted by Gasteiger charge is 2.36. The van der Waals surface area contributed by atoms with Gasteiger partial charge in [-0.1, -0.05) is 20.3 Å². The molecule has 0 amide bonds. The van der Waals surface area contributed by atoms with E-state index in [1.54, 1.807) is 0 Å². The van der Waals surface area contributed by atoms with E-state index in [0.29, 0.717) is 18.1 Å². The number of rotatable bonds is 7. The number of aliphatic hydroxyl groups is 1. The smallest absolute Gasteiger partial charge is 0.0436 e. The average molecular weight is 213 g/mol. The second-order valence-electron chi connectivity index (χ2n) is 5.74. The van der Waals surface area contributed by atoms with Crippen LogP contribution < -0.4 is 5.32 Å². The molecule has 1 unspecified atom stereocenters. The molecule has 2 N–H and O–H groups in total. The van der Waals surface area contributed by atoms with E-state index in [1.165, 1.54) is 25.7 Å². The zero-order chi connectivity index (χ0) is 11.3. The summed E-state index contributed by atoms with van der Waals surface area (Å²) in [6.07, 6.45) is 6.17. The molecule has 0 bridgehead atoms. The van der Waals surface area contributed by atoms with Gasteiger partial charge in [0.25, 0.3) is 0 Å². The predicted molar refractivity (Wildman–Crippen MR) is 64.9 cm³/mol. The lowest BCUT2D eigenvalue weighted by Gasteiger charge is -2.42. The highest BCUT2D eigenvalue weighted by molar-refractivity contribution is 4.90. The van der Waals surface area contributed by atoms with Crippen molar-refractivity contribution in [3.8, 4) is 0 Å². The zero-order valence-electron chi connectivity index (χ0n) is 10.6. The molecule has 1 aliphatic rings. The van der Waals surface area contributed by atoms with Crippen molar-refractivity contribution in [2.45, 2.75) is 58.9 Å². The Morgan fingerprint density at radius 1 is 1.27 bits per heavy atom. The molecule has 1 fully saturated rings. The fourth-order valence-electron chi connectivity index (χ4n) is 2.61. The Morgan fingerprint density at radius 2 is 1.93 bits per heavy atom. The first-order valence-corrected chi connectivity index (χ1v) is 6.42. The van der Waals surface area contributed by atoms with Gasteiger partial charge in [-0.3, -0.25) is 0 Å². The summed E-state index contributed by atoms with van der Waals surface area (Å²) in [5, 5.41) is 12.7. The van der Waals surface area contributed by atoms with E-state index >= 15 is 0 Å². The summed E-state index contributed by atoms with van der Waals surface area (Å²) in [4.78, 5) is 0. The van der Waals surface area contributed by atoms with Crippen molar-refractivity contribution in [3.05, 3.63) is 0 Å². The van der Waals surface area contributed by atoms with Crippen molar-refractivity contribution >= 4 is 0 Å². The molecule has 0 radical (unpaired) electrons. The summed E-state index contributed by atoms with van der Waals surface area (Å²) < 4.78 is 0. The maximum absolute atomic E-state index is 9.05. The molecule has 0 aliphatic heterocycles. The molecule has 0 saturated heterocycles. The van der Waals surface area contributed by atoms with Crippen molar-refractivity contribution in [2.75, 3.05) is 13.2 Å². The van der Waals surface area contributed by atoms with Crippen molar-refractivity contribution in [1.29, 1.82) is 0 Å². The maximum Gasteiger partial charge on any atom is 0.0436 e. The van der Waals surface area contributed by atoms with E-state index in [4.69, 9.17) is 5.11 Å². The van der Waals surface area contributed by atoms with E-state index < -0.39 is 0 Å². The van der Waals surface area contributed by atoms with Crippen molar-refractivity contribution in [1.82, 2.24) is 5.32 Å². The third-order valence-electron chi connectivity index (χ3n) is 3.71. The predicted octanol–water partition coefficient (Wildman–Crippen LogP) is 2.56. The Labute approximate surface area is 94.5 Å². The van der Waals surface area contributed by atoms with E-state index in [0.717, 1.165) is 18.9 Å². The summed E-state index contributed by atoms with van der Waals surface area (Å²) in [7, 11) is 0. The van der Waals surface area contributed by atoms with Crippen LogP contribution in [0.1, 0.15) is 52.9 Å². The molecule has 0 aromatic carbocycles. The lowest BCUT2D eigenvalue weighted by Crippen LogP contribution is -2.43. The number of hydrogen-bond acceptors (Lipinski definition) is 2. The van der Waals surface area contributed by atoms with Gasteiger partial charge < -0.3 is 10.4 Å². The molecular formula is C13H27NO. The lowest BCUT2D eigenvalue weighted by molar-refractivity contribution is 0.0824. The second kappa shape index (κ2) is 5.86.